The fourth-order valence-electron chi connectivity index (χ4n) is 2.98. The maximum Gasteiger partial charge on any atom is 0.339 e. The highest BCUT2D eigenvalue weighted by Gasteiger charge is 2.18. The van der Waals surface area contributed by atoms with Gasteiger partial charge in [0.05, 0.1) is 30.9 Å². The number of hydrogen-bond donors (Lipinski definition) is 2. The van der Waals surface area contributed by atoms with Crippen LogP contribution in [0.1, 0.15) is 12.8 Å². The highest BCUT2D eigenvalue weighted by atomic mass is 32.2. The van der Waals surface area contributed by atoms with Gasteiger partial charge in [0.15, 0.2) is 0 Å². The summed E-state index contributed by atoms with van der Waals surface area (Å²) in [5, 5.41) is 2.54. The molecule has 0 fully saturated rings. The molecule has 12 heteroatoms. The lowest BCUT2D eigenvalue weighted by atomic mass is 10.3. The van der Waals surface area contributed by atoms with Crippen LogP contribution >= 0.6 is 0 Å². The van der Waals surface area contributed by atoms with Crippen molar-refractivity contribution in [1.82, 2.24) is 19.5 Å². The van der Waals surface area contributed by atoms with E-state index < -0.39 is 22.0 Å². The molecule has 0 aliphatic heterocycles. The fraction of sp³-hybridized carbons (Fsp3) is 0.143. The van der Waals surface area contributed by atoms with E-state index in [1.54, 1.807) is 41.5 Å². The molecule has 2 aromatic heterocycles. The molecule has 170 valence electrons. The van der Waals surface area contributed by atoms with E-state index in [9.17, 15) is 18.0 Å². The van der Waals surface area contributed by atoms with Gasteiger partial charge >= 0.3 is 16.1 Å². The molecule has 0 unspecified atom stereocenters. The molecule has 4 aromatic rings. The zero-order chi connectivity index (χ0) is 23.4. The lowest BCUT2D eigenvalue weighted by molar-refractivity contribution is -0.141. The van der Waals surface area contributed by atoms with Crippen LogP contribution in [0.3, 0.4) is 0 Å². The van der Waals surface area contributed by atoms with E-state index in [1.807, 2.05) is 0 Å². The quantitative estimate of drug-likeness (QED) is 0.296. The van der Waals surface area contributed by atoms with Crippen molar-refractivity contribution in [3.8, 4) is 11.4 Å². The Hall–Kier alpha value is -4.19. The van der Waals surface area contributed by atoms with Gasteiger partial charge in [-0.3, -0.25) is 14.9 Å². The van der Waals surface area contributed by atoms with Gasteiger partial charge < -0.3 is 18.5 Å². The van der Waals surface area contributed by atoms with E-state index in [-0.39, 0.29) is 29.4 Å². The standard InChI is InChI=1S/C21H19N5O6S/c1-31-20(28)9-8-19(27)25-21-23-17-7-4-15(12-18(17)24-21)32-33(29,30)16-5-2-14(3-6-16)26-11-10-22-13-26/h2-7,10-13H,8-9H2,1H3,(H2,23,24,25,27). The van der Waals surface area contributed by atoms with Crippen LogP contribution in [0.25, 0.3) is 16.7 Å². The number of nitrogens with zero attached hydrogens (tertiary/aromatic N) is 3. The number of aromatic amines is 1. The van der Waals surface area contributed by atoms with Crippen LogP contribution < -0.4 is 9.50 Å². The maximum absolute atomic E-state index is 12.7. The van der Waals surface area contributed by atoms with Gasteiger partial charge in [0, 0.05) is 30.6 Å². The molecule has 0 atom stereocenters. The van der Waals surface area contributed by atoms with E-state index in [0.717, 1.165) is 5.69 Å². The summed E-state index contributed by atoms with van der Waals surface area (Å²) in [6, 6.07) is 10.7. The second-order valence-corrected chi connectivity index (χ2v) is 8.44. The smallest absolute Gasteiger partial charge is 0.339 e. The van der Waals surface area contributed by atoms with Gasteiger partial charge in [0.25, 0.3) is 0 Å². The van der Waals surface area contributed by atoms with E-state index in [2.05, 4.69) is 25.0 Å². The van der Waals surface area contributed by atoms with Crippen LogP contribution in [-0.2, 0) is 24.4 Å². The molecule has 0 bridgehead atoms. The second kappa shape index (κ2) is 9.12. The Bertz CT molecular complexity index is 1390. The van der Waals surface area contributed by atoms with Crippen molar-refractivity contribution in [3.63, 3.8) is 0 Å². The molecule has 0 saturated heterocycles. The molecular formula is C21H19N5O6S. The van der Waals surface area contributed by atoms with Crippen LogP contribution in [0.15, 0.2) is 66.1 Å². The monoisotopic (exact) mass is 469 g/mol. The summed E-state index contributed by atoms with van der Waals surface area (Å²) in [6.45, 7) is 0. The van der Waals surface area contributed by atoms with E-state index in [1.165, 1.54) is 31.4 Å². The average molecular weight is 469 g/mol. The third kappa shape index (κ3) is 5.18. The van der Waals surface area contributed by atoms with Crippen LogP contribution in [0.4, 0.5) is 5.95 Å². The molecule has 0 radical (unpaired) electrons. The Labute approximate surface area is 188 Å². The van der Waals surface area contributed by atoms with E-state index >= 15 is 0 Å². The van der Waals surface area contributed by atoms with Crippen molar-refractivity contribution in [1.29, 1.82) is 0 Å². The molecule has 0 aliphatic carbocycles. The third-order valence-corrected chi connectivity index (χ3v) is 5.89. The molecule has 4 rings (SSSR count). The largest absolute Gasteiger partial charge is 0.469 e. The number of amides is 1. The Morgan fingerprint density at radius 1 is 1.12 bits per heavy atom. The minimum atomic E-state index is -4.07. The lowest BCUT2D eigenvalue weighted by Crippen LogP contribution is -2.14. The van der Waals surface area contributed by atoms with Gasteiger partial charge in [-0.15, -0.1) is 0 Å². The second-order valence-electron chi connectivity index (χ2n) is 6.89. The van der Waals surface area contributed by atoms with Crippen molar-refractivity contribution < 1.29 is 26.9 Å². The molecular weight excluding hydrogens is 450 g/mol. The first-order valence-corrected chi connectivity index (χ1v) is 11.1. The van der Waals surface area contributed by atoms with Crippen LogP contribution in [0, 0.1) is 0 Å². The SMILES string of the molecule is COC(=O)CCC(=O)Nc1nc2cc(OS(=O)(=O)c3ccc(-n4ccnc4)cc3)ccc2[nH]1. The van der Waals surface area contributed by atoms with Crippen molar-refractivity contribution in [3.05, 3.63) is 61.2 Å². The zero-order valence-electron chi connectivity index (χ0n) is 17.4. The molecule has 2 N–H and O–H groups in total. The summed E-state index contributed by atoms with van der Waals surface area (Å²) in [6.07, 6.45) is 4.86. The number of benzene rings is 2. The Morgan fingerprint density at radius 3 is 2.61 bits per heavy atom. The average Bonchev–Trinajstić information content (AvgIpc) is 3.47. The number of carbonyl (C=O) groups is 2. The normalized spacial score (nSPS) is 11.3. The first kappa shape index (κ1) is 22.0. The summed E-state index contributed by atoms with van der Waals surface area (Å²) in [5.41, 5.74) is 1.71. The summed E-state index contributed by atoms with van der Waals surface area (Å²) in [7, 11) is -2.83. The predicted molar refractivity (Wildman–Crippen MR) is 117 cm³/mol. The number of methoxy groups -OCH3 is 1. The summed E-state index contributed by atoms with van der Waals surface area (Å²) in [4.78, 5) is 34.1. The Morgan fingerprint density at radius 2 is 1.91 bits per heavy atom. The Kier molecular flexibility index (Phi) is 6.09. The fourth-order valence-corrected chi connectivity index (χ4v) is 3.90. The number of anilines is 1. The number of ether oxygens (including phenoxy) is 1. The van der Waals surface area contributed by atoms with E-state index in [4.69, 9.17) is 4.18 Å². The number of nitrogens with one attached hydrogen (secondary N) is 2. The van der Waals surface area contributed by atoms with Gasteiger partial charge in [-0.25, -0.2) is 9.97 Å². The molecule has 0 saturated carbocycles. The number of imidazole rings is 2. The van der Waals surface area contributed by atoms with Crippen molar-refractivity contribution in [2.45, 2.75) is 17.7 Å². The summed E-state index contributed by atoms with van der Waals surface area (Å²) >= 11 is 0. The Balaban J connectivity index is 1.46. The number of esters is 1. The molecule has 2 aromatic carbocycles. The topological polar surface area (TPSA) is 145 Å². The maximum atomic E-state index is 12.7. The summed E-state index contributed by atoms with van der Waals surface area (Å²) < 4.78 is 36.8. The molecule has 2 heterocycles. The number of fused-ring (bicyclic) bond motifs is 1. The van der Waals surface area contributed by atoms with E-state index in [0.29, 0.717) is 11.0 Å². The van der Waals surface area contributed by atoms with Gasteiger partial charge in [-0.05, 0) is 36.4 Å². The van der Waals surface area contributed by atoms with Gasteiger partial charge in [0.2, 0.25) is 11.9 Å². The molecule has 33 heavy (non-hydrogen) atoms. The van der Waals surface area contributed by atoms with Gasteiger partial charge in [-0.2, -0.15) is 8.42 Å². The van der Waals surface area contributed by atoms with Gasteiger partial charge in [-0.1, -0.05) is 0 Å². The number of aromatic nitrogens is 4. The number of hydrogen-bond acceptors (Lipinski definition) is 8. The van der Waals surface area contributed by atoms with Crippen molar-refractivity contribution in [2.24, 2.45) is 0 Å². The van der Waals surface area contributed by atoms with Crippen LogP contribution in [-0.4, -0.2) is 46.9 Å². The summed E-state index contributed by atoms with van der Waals surface area (Å²) in [5.74, 6) is -0.682. The number of H-pyrrole nitrogens is 1. The highest BCUT2D eigenvalue weighted by molar-refractivity contribution is 7.87. The number of rotatable bonds is 8. The third-order valence-electron chi connectivity index (χ3n) is 4.63. The van der Waals surface area contributed by atoms with Crippen LogP contribution in [0.2, 0.25) is 0 Å². The molecule has 1 amide bonds. The molecule has 0 aliphatic rings. The van der Waals surface area contributed by atoms with Crippen LogP contribution in [0.5, 0.6) is 5.75 Å². The molecule has 11 nitrogen and oxygen atoms in total. The lowest BCUT2D eigenvalue weighted by Gasteiger charge is -2.08. The number of carbonyl (C=O) groups excluding carboxylic acids is 2. The van der Waals surface area contributed by atoms with Crippen molar-refractivity contribution in [2.75, 3.05) is 12.4 Å². The zero-order valence-corrected chi connectivity index (χ0v) is 18.2. The highest BCUT2D eigenvalue weighted by Crippen LogP contribution is 2.24. The first-order valence-electron chi connectivity index (χ1n) is 9.73. The molecule has 0 spiro atoms. The minimum Gasteiger partial charge on any atom is -0.469 e. The predicted octanol–water partition coefficient (Wildman–Crippen LogP) is 2.41. The van der Waals surface area contributed by atoms with Crippen molar-refractivity contribution >= 4 is 39.0 Å². The van der Waals surface area contributed by atoms with Gasteiger partial charge in [0.1, 0.15) is 10.6 Å². The minimum absolute atomic E-state index is 0.00736. The first-order chi connectivity index (χ1) is 15.8.